The highest BCUT2D eigenvalue weighted by Gasteiger charge is 2.25. The molecule has 10 nitrogen and oxygen atoms in total. The van der Waals surface area contributed by atoms with Gasteiger partial charge < -0.3 is 19.8 Å². The minimum absolute atomic E-state index is 0.00665. The number of ether oxygens (including phenoxy) is 2. The van der Waals surface area contributed by atoms with E-state index in [2.05, 4.69) is 32.3 Å². The van der Waals surface area contributed by atoms with Crippen molar-refractivity contribution in [2.45, 2.75) is 52.1 Å². The van der Waals surface area contributed by atoms with Gasteiger partial charge in [0.25, 0.3) is 5.91 Å². The fourth-order valence-electron chi connectivity index (χ4n) is 5.32. The van der Waals surface area contributed by atoms with Gasteiger partial charge in [-0.2, -0.15) is 13.9 Å². The van der Waals surface area contributed by atoms with Crippen molar-refractivity contribution in [1.29, 1.82) is 0 Å². The Morgan fingerprint density at radius 3 is 2.79 bits per heavy atom. The van der Waals surface area contributed by atoms with Crippen LogP contribution in [0.1, 0.15) is 36.7 Å². The number of alkyl halides is 2. The van der Waals surface area contributed by atoms with Gasteiger partial charge in [0, 0.05) is 36.8 Å². The summed E-state index contributed by atoms with van der Waals surface area (Å²) in [6.07, 6.45) is 2.98. The summed E-state index contributed by atoms with van der Waals surface area (Å²) in [6, 6.07) is 15.0. The minimum Gasteiger partial charge on any atom is -0.435 e. The first-order valence-electron chi connectivity index (χ1n) is 14.1. The van der Waals surface area contributed by atoms with Crippen molar-refractivity contribution in [3.05, 3.63) is 72.1 Å². The van der Waals surface area contributed by atoms with E-state index in [9.17, 15) is 13.6 Å². The maximum Gasteiger partial charge on any atom is 0.387 e. The molecule has 0 aliphatic carbocycles. The maximum atomic E-state index is 13.1. The van der Waals surface area contributed by atoms with Crippen LogP contribution >= 0.6 is 0 Å². The number of hydrogen-bond donors (Lipinski definition) is 2. The molecule has 5 aromatic rings. The molecule has 43 heavy (non-hydrogen) atoms. The lowest BCUT2D eigenvalue weighted by atomic mass is 10.1. The number of carbonyl (C=O) groups is 1. The molecule has 0 bridgehead atoms. The number of nitrogens with one attached hydrogen (secondary N) is 2. The third kappa shape index (κ3) is 6.50. The van der Waals surface area contributed by atoms with E-state index in [1.54, 1.807) is 18.5 Å². The number of halogens is 2. The number of rotatable bonds is 8. The van der Waals surface area contributed by atoms with Crippen LogP contribution in [0.3, 0.4) is 0 Å². The summed E-state index contributed by atoms with van der Waals surface area (Å²) in [5.41, 5.74) is 3.50. The normalized spacial score (nSPS) is 16.3. The van der Waals surface area contributed by atoms with Gasteiger partial charge in [-0.25, -0.2) is 9.97 Å². The molecule has 2 N–H and O–H groups in total. The van der Waals surface area contributed by atoms with Crippen molar-refractivity contribution in [2.24, 2.45) is 0 Å². The highest BCUT2D eigenvalue weighted by Crippen LogP contribution is 2.32. The second kappa shape index (κ2) is 11.7. The lowest BCUT2D eigenvalue weighted by Crippen LogP contribution is -2.43. The monoisotopic (exact) mass is 589 g/mol. The summed E-state index contributed by atoms with van der Waals surface area (Å²) in [4.78, 5) is 27.6. The summed E-state index contributed by atoms with van der Waals surface area (Å²) in [7, 11) is 0. The predicted molar refractivity (Wildman–Crippen MR) is 158 cm³/mol. The van der Waals surface area contributed by atoms with Crippen LogP contribution in [0.25, 0.3) is 33.5 Å². The molecule has 3 aromatic heterocycles. The van der Waals surface area contributed by atoms with Gasteiger partial charge in [0.15, 0.2) is 5.65 Å². The van der Waals surface area contributed by atoms with Gasteiger partial charge in [-0.1, -0.05) is 30.3 Å². The number of aromatic amines is 1. The Morgan fingerprint density at radius 2 is 2.02 bits per heavy atom. The van der Waals surface area contributed by atoms with E-state index in [0.29, 0.717) is 58.7 Å². The van der Waals surface area contributed by atoms with Crippen molar-refractivity contribution < 1.29 is 23.0 Å². The summed E-state index contributed by atoms with van der Waals surface area (Å²) in [5, 5.41) is 8.38. The zero-order valence-electron chi connectivity index (χ0n) is 24.2. The molecule has 6 rings (SSSR count). The average Bonchev–Trinajstić information content (AvgIpc) is 3.54. The third-order valence-electron chi connectivity index (χ3n) is 7.15. The smallest absolute Gasteiger partial charge is 0.387 e. The largest absolute Gasteiger partial charge is 0.435 e. The first-order valence-corrected chi connectivity index (χ1v) is 14.1. The van der Waals surface area contributed by atoms with E-state index in [1.807, 2.05) is 43.7 Å². The van der Waals surface area contributed by atoms with Gasteiger partial charge >= 0.3 is 6.61 Å². The van der Waals surface area contributed by atoms with Crippen molar-refractivity contribution in [3.63, 3.8) is 0 Å². The van der Waals surface area contributed by atoms with Crippen LogP contribution in [0.4, 0.5) is 8.78 Å². The van der Waals surface area contributed by atoms with E-state index >= 15 is 0 Å². The molecule has 1 fully saturated rings. The number of H-pyrrole nitrogens is 1. The Kier molecular flexibility index (Phi) is 7.80. The number of benzene rings is 2. The van der Waals surface area contributed by atoms with Gasteiger partial charge in [-0.15, -0.1) is 0 Å². The predicted octanol–water partition coefficient (Wildman–Crippen LogP) is 5.01. The summed E-state index contributed by atoms with van der Waals surface area (Å²) in [6.45, 7) is 6.09. The minimum atomic E-state index is -2.97. The molecule has 12 heteroatoms. The standard InChI is InChI=1S/C31H33F2N7O3/c1-31(2,3)37-29(41)23-14-34-28-27(23)36-24(15-35-28)26-22-13-20(43-30(32)33)9-10-25(22)40(38-26)18-21-17-39(11-12-42-21)16-19-7-5-4-6-8-19/h4-10,13-15,21,30H,11-12,16-18H2,1-3H3,(H,34,35)(H,37,41). The molecule has 4 heterocycles. The SMILES string of the molecule is CC(C)(C)NC(=O)c1c[nH]c2ncc(-c3nn(CC4CN(Cc5ccccc5)CCO4)c4ccc(OC(F)F)cc34)nc12. The highest BCUT2D eigenvalue weighted by molar-refractivity contribution is 6.05. The van der Waals surface area contributed by atoms with E-state index in [-0.39, 0.29) is 17.8 Å². The van der Waals surface area contributed by atoms with Crippen molar-refractivity contribution in [1.82, 2.24) is 34.9 Å². The number of carbonyl (C=O) groups excluding carboxylic acids is 1. The van der Waals surface area contributed by atoms with E-state index < -0.39 is 12.2 Å². The Hall–Kier alpha value is -4.42. The van der Waals surface area contributed by atoms with Crippen LogP contribution in [0.2, 0.25) is 0 Å². The van der Waals surface area contributed by atoms with E-state index in [4.69, 9.17) is 19.6 Å². The van der Waals surface area contributed by atoms with E-state index in [1.165, 1.54) is 17.7 Å². The number of aromatic nitrogens is 5. The van der Waals surface area contributed by atoms with Crippen molar-refractivity contribution >= 4 is 28.0 Å². The molecule has 1 unspecified atom stereocenters. The zero-order valence-corrected chi connectivity index (χ0v) is 24.2. The average molecular weight is 590 g/mol. The molecule has 2 aromatic carbocycles. The molecule has 1 saturated heterocycles. The number of nitrogens with zero attached hydrogens (tertiary/aromatic N) is 5. The summed E-state index contributed by atoms with van der Waals surface area (Å²) in [5.74, 6) is -0.283. The van der Waals surface area contributed by atoms with Crippen LogP contribution < -0.4 is 10.1 Å². The van der Waals surface area contributed by atoms with Gasteiger partial charge in [-0.3, -0.25) is 14.4 Å². The van der Waals surface area contributed by atoms with Crippen LogP contribution in [0, 0.1) is 0 Å². The first-order chi connectivity index (χ1) is 20.6. The Bertz CT molecular complexity index is 1750. The number of hydrogen-bond acceptors (Lipinski definition) is 7. The molecule has 0 spiro atoms. The van der Waals surface area contributed by atoms with Gasteiger partial charge in [0.05, 0.1) is 36.5 Å². The number of fused-ring (bicyclic) bond motifs is 2. The third-order valence-corrected chi connectivity index (χ3v) is 7.15. The van der Waals surface area contributed by atoms with E-state index in [0.717, 1.165) is 13.1 Å². The summed E-state index contributed by atoms with van der Waals surface area (Å²) < 4.78 is 38.8. The Morgan fingerprint density at radius 1 is 1.21 bits per heavy atom. The molecule has 0 saturated carbocycles. The molecule has 1 atom stereocenters. The quantitative estimate of drug-likeness (QED) is 0.262. The van der Waals surface area contributed by atoms with Crippen molar-refractivity contribution in [2.75, 3.05) is 19.7 Å². The second-order valence-corrected chi connectivity index (χ2v) is 11.7. The van der Waals surface area contributed by atoms with Crippen LogP contribution in [0.5, 0.6) is 5.75 Å². The molecule has 1 aliphatic rings. The van der Waals surface area contributed by atoms with Crippen LogP contribution in [0.15, 0.2) is 60.9 Å². The van der Waals surface area contributed by atoms with Gasteiger partial charge in [0.2, 0.25) is 0 Å². The number of amides is 1. The molecular weight excluding hydrogens is 556 g/mol. The number of morpholine rings is 1. The lowest BCUT2D eigenvalue weighted by Gasteiger charge is -2.33. The van der Waals surface area contributed by atoms with Gasteiger partial charge in [0.1, 0.15) is 22.7 Å². The molecule has 0 radical (unpaired) electrons. The lowest BCUT2D eigenvalue weighted by molar-refractivity contribution is -0.0497. The van der Waals surface area contributed by atoms with Crippen LogP contribution in [-0.4, -0.2) is 73.5 Å². The molecule has 1 amide bonds. The molecular formula is C31H33F2N7O3. The Balaban J connectivity index is 1.34. The molecule has 224 valence electrons. The molecule has 1 aliphatic heterocycles. The summed E-state index contributed by atoms with van der Waals surface area (Å²) >= 11 is 0. The highest BCUT2D eigenvalue weighted by atomic mass is 19.3. The maximum absolute atomic E-state index is 13.1. The van der Waals surface area contributed by atoms with Crippen LogP contribution in [-0.2, 0) is 17.8 Å². The fraction of sp³-hybridized carbons (Fsp3) is 0.355. The first kappa shape index (κ1) is 28.7. The Labute approximate surface area is 247 Å². The zero-order chi connectivity index (χ0) is 30.1. The topological polar surface area (TPSA) is 110 Å². The fourth-order valence-corrected chi connectivity index (χ4v) is 5.32. The van der Waals surface area contributed by atoms with Crippen molar-refractivity contribution in [3.8, 4) is 17.1 Å². The van der Waals surface area contributed by atoms with Gasteiger partial charge in [-0.05, 0) is 44.5 Å². The second-order valence-electron chi connectivity index (χ2n) is 11.7.